The molecule has 0 bridgehead atoms. The molecule has 0 aromatic heterocycles. The fourth-order valence-electron chi connectivity index (χ4n) is 4.79. The van der Waals surface area contributed by atoms with Gasteiger partial charge in [0.2, 0.25) is 15.9 Å². The highest BCUT2D eigenvalue weighted by Gasteiger charge is 2.45. The predicted octanol–water partition coefficient (Wildman–Crippen LogP) is 3.50. The highest BCUT2D eigenvalue weighted by Crippen LogP contribution is 2.39. The molecule has 8 heteroatoms. The number of nitrogens with one attached hydrogen (secondary N) is 1. The first kappa shape index (κ1) is 23.4. The van der Waals surface area contributed by atoms with E-state index in [0.717, 1.165) is 11.1 Å². The molecule has 2 aliphatic heterocycles. The Morgan fingerprint density at radius 2 is 1.49 bits per heavy atom. The summed E-state index contributed by atoms with van der Waals surface area (Å²) in [5.74, 6) is 0.907. The molecule has 1 fully saturated rings. The summed E-state index contributed by atoms with van der Waals surface area (Å²) in [7, 11) is -3.74. The van der Waals surface area contributed by atoms with Crippen molar-refractivity contribution in [2.24, 2.45) is 0 Å². The average molecular weight is 493 g/mol. The van der Waals surface area contributed by atoms with Gasteiger partial charge >= 0.3 is 0 Å². The zero-order valence-corrected chi connectivity index (χ0v) is 20.2. The van der Waals surface area contributed by atoms with Crippen molar-refractivity contribution in [3.63, 3.8) is 0 Å². The van der Waals surface area contributed by atoms with Gasteiger partial charge in [-0.05, 0) is 36.1 Å². The van der Waals surface area contributed by atoms with Gasteiger partial charge in [-0.3, -0.25) is 4.79 Å². The van der Waals surface area contributed by atoms with Crippen molar-refractivity contribution in [3.8, 4) is 11.5 Å². The number of benzene rings is 3. The Balaban J connectivity index is 1.36. The van der Waals surface area contributed by atoms with Gasteiger partial charge in [-0.1, -0.05) is 60.7 Å². The molecular formula is C27H28N2O5S. The lowest BCUT2D eigenvalue weighted by molar-refractivity contribution is -0.128. The molecule has 0 aliphatic carbocycles. The molecule has 0 saturated carbocycles. The van der Waals surface area contributed by atoms with Crippen molar-refractivity contribution >= 4 is 15.9 Å². The Morgan fingerprint density at radius 3 is 2.17 bits per heavy atom. The third kappa shape index (κ3) is 4.63. The van der Waals surface area contributed by atoms with Crippen LogP contribution in [0.25, 0.3) is 0 Å². The number of sulfonamides is 1. The second kappa shape index (κ2) is 9.71. The standard InChI is InChI=1S/C27H28N2O5S/c30-26(28-20-21-7-3-1-4-8-21)27(22-9-5-2-6-10-22)13-15-29(16-14-27)35(31,32)23-11-12-24-25(19-23)34-18-17-33-24/h1-12,19H,13-18,20H2,(H,28,30). The molecule has 1 amide bonds. The van der Waals surface area contributed by atoms with Crippen LogP contribution in [0.5, 0.6) is 11.5 Å². The minimum Gasteiger partial charge on any atom is -0.486 e. The van der Waals surface area contributed by atoms with Crippen molar-refractivity contribution in [2.45, 2.75) is 29.7 Å². The van der Waals surface area contributed by atoms with Crippen LogP contribution in [0.3, 0.4) is 0 Å². The van der Waals surface area contributed by atoms with Crippen molar-refractivity contribution in [3.05, 3.63) is 90.0 Å². The lowest BCUT2D eigenvalue weighted by atomic mass is 9.72. The van der Waals surface area contributed by atoms with E-state index in [0.29, 0.717) is 44.1 Å². The molecular weight excluding hydrogens is 464 g/mol. The quantitative estimate of drug-likeness (QED) is 0.569. The number of piperidine rings is 1. The average Bonchev–Trinajstić information content (AvgIpc) is 2.92. The zero-order chi connectivity index (χ0) is 24.3. The molecule has 1 saturated heterocycles. The lowest BCUT2D eigenvalue weighted by Crippen LogP contribution is -2.52. The van der Waals surface area contributed by atoms with E-state index in [1.165, 1.54) is 10.4 Å². The Bertz CT molecular complexity index is 1290. The van der Waals surface area contributed by atoms with Gasteiger partial charge in [0.05, 0.1) is 10.3 Å². The Kier molecular flexibility index (Phi) is 6.49. The van der Waals surface area contributed by atoms with Gasteiger partial charge in [0, 0.05) is 25.7 Å². The molecule has 5 rings (SSSR count). The largest absolute Gasteiger partial charge is 0.486 e. The number of rotatable bonds is 6. The highest BCUT2D eigenvalue weighted by atomic mass is 32.2. The minimum atomic E-state index is -3.74. The third-order valence-corrected chi connectivity index (χ3v) is 8.68. The van der Waals surface area contributed by atoms with E-state index >= 15 is 0 Å². The maximum Gasteiger partial charge on any atom is 0.243 e. The number of carbonyl (C=O) groups excluding carboxylic acids is 1. The number of carbonyl (C=O) groups is 1. The molecule has 0 unspecified atom stereocenters. The molecule has 7 nitrogen and oxygen atoms in total. The summed E-state index contributed by atoms with van der Waals surface area (Å²) >= 11 is 0. The third-order valence-electron chi connectivity index (χ3n) is 6.78. The lowest BCUT2D eigenvalue weighted by Gasteiger charge is -2.40. The van der Waals surface area contributed by atoms with E-state index in [1.807, 2.05) is 60.7 Å². The van der Waals surface area contributed by atoms with Crippen molar-refractivity contribution < 1.29 is 22.7 Å². The second-order valence-corrected chi connectivity index (χ2v) is 10.8. The van der Waals surface area contributed by atoms with Gasteiger partial charge in [-0.15, -0.1) is 0 Å². The number of amides is 1. The summed E-state index contributed by atoms with van der Waals surface area (Å²) in [6.45, 7) is 1.74. The second-order valence-electron chi connectivity index (χ2n) is 8.83. The molecule has 0 radical (unpaired) electrons. The van der Waals surface area contributed by atoms with Crippen LogP contribution in [0.4, 0.5) is 0 Å². The normalized spacial score (nSPS) is 17.5. The molecule has 3 aromatic carbocycles. The van der Waals surface area contributed by atoms with Crippen LogP contribution in [0.15, 0.2) is 83.8 Å². The van der Waals surface area contributed by atoms with Gasteiger partial charge in [0.15, 0.2) is 11.5 Å². The van der Waals surface area contributed by atoms with Crippen LogP contribution in [-0.2, 0) is 26.8 Å². The summed E-state index contributed by atoms with van der Waals surface area (Å²) in [4.78, 5) is 13.7. The van der Waals surface area contributed by atoms with E-state index in [4.69, 9.17) is 9.47 Å². The summed E-state index contributed by atoms with van der Waals surface area (Å²) in [5.41, 5.74) is 1.12. The molecule has 3 aromatic rings. The first-order chi connectivity index (χ1) is 17.0. The van der Waals surface area contributed by atoms with Crippen LogP contribution in [0.1, 0.15) is 24.0 Å². The molecule has 2 heterocycles. The van der Waals surface area contributed by atoms with E-state index in [1.54, 1.807) is 12.1 Å². The summed E-state index contributed by atoms with van der Waals surface area (Å²) < 4.78 is 39.4. The Labute approximate surface area is 205 Å². The van der Waals surface area contributed by atoms with E-state index < -0.39 is 15.4 Å². The van der Waals surface area contributed by atoms with Gasteiger partial charge < -0.3 is 14.8 Å². The van der Waals surface area contributed by atoms with Crippen LogP contribution < -0.4 is 14.8 Å². The Hall–Kier alpha value is -3.36. The zero-order valence-electron chi connectivity index (χ0n) is 19.4. The molecule has 2 aliphatic rings. The van der Waals surface area contributed by atoms with Crippen LogP contribution in [-0.4, -0.2) is 44.9 Å². The van der Waals surface area contributed by atoms with Crippen molar-refractivity contribution in [1.82, 2.24) is 9.62 Å². The van der Waals surface area contributed by atoms with Crippen LogP contribution >= 0.6 is 0 Å². The highest BCUT2D eigenvalue weighted by molar-refractivity contribution is 7.89. The molecule has 1 N–H and O–H groups in total. The minimum absolute atomic E-state index is 0.0797. The van der Waals surface area contributed by atoms with Gasteiger partial charge in [0.1, 0.15) is 13.2 Å². The van der Waals surface area contributed by atoms with Gasteiger partial charge in [-0.25, -0.2) is 8.42 Å². The maximum atomic E-state index is 13.6. The van der Waals surface area contributed by atoms with E-state index in [-0.39, 0.29) is 23.9 Å². The van der Waals surface area contributed by atoms with Gasteiger partial charge in [0.25, 0.3) is 0 Å². The van der Waals surface area contributed by atoms with E-state index in [2.05, 4.69) is 5.32 Å². The smallest absolute Gasteiger partial charge is 0.243 e. The Morgan fingerprint density at radius 1 is 0.857 bits per heavy atom. The number of nitrogens with zero attached hydrogens (tertiary/aromatic N) is 1. The predicted molar refractivity (Wildman–Crippen MR) is 132 cm³/mol. The number of hydrogen-bond acceptors (Lipinski definition) is 5. The maximum absolute atomic E-state index is 13.6. The van der Waals surface area contributed by atoms with Crippen LogP contribution in [0.2, 0.25) is 0 Å². The first-order valence-corrected chi connectivity index (χ1v) is 13.2. The number of ether oxygens (including phenoxy) is 2. The van der Waals surface area contributed by atoms with E-state index in [9.17, 15) is 13.2 Å². The molecule has 182 valence electrons. The molecule has 35 heavy (non-hydrogen) atoms. The van der Waals surface area contributed by atoms with Crippen LogP contribution in [0, 0.1) is 0 Å². The number of hydrogen-bond donors (Lipinski definition) is 1. The van der Waals surface area contributed by atoms with Crippen molar-refractivity contribution in [1.29, 1.82) is 0 Å². The van der Waals surface area contributed by atoms with Gasteiger partial charge in [-0.2, -0.15) is 4.31 Å². The molecule has 0 atom stereocenters. The summed E-state index contributed by atoms with van der Waals surface area (Å²) in [5, 5.41) is 3.09. The number of fused-ring (bicyclic) bond motifs is 1. The fourth-order valence-corrected chi connectivity index (χ4v) is 6.25. The van der Waals surface area contributed by atoms with Crippen molar-refractivity contribution in [2.75, 3.05) is 26.3 Å². The fraction of sp³-hybridized carbons (Fsp3) is 0.296. The summed E-state index contributed by atoms with van der Waals surface area (Å²) in [6.07, 6.45) is 0.781. The SMILES string of the molecule is O=C(NCc1ccccc1)C1(c2ccccc2)CCN(S(=O)(=O)c2ccc3c(c2)OCCO3)CC1. The first-order valence-electron chi connectivity index (χ1n) is 11.8. The summed E-state index contributed by atoms with van der Waals surface area (Å²) in [6, 6.07) is 24.1. The molecule has 0 spiro atoms. The monoisotopic (exact) mass is 492 g/mol. The topological polar surface area (TPSA) is 84.9 Å².